The van der Waals surface area contributed by atoms with Crippen molar-refractivity contribution in [3.05, 3.63) is 47.5 Å². The van der Waals surface area contributed by atoms with Crippen molar-refractivity contribution in [3.63, 3.8) is 0 Å². The van der Waals surface area contributed by atoms with E-state index in [1.807, 2.05) is 24.3 Å². The Labute approximate surface area is 140 Å². The summed E-state index contributed by atoms with van der Waals surface area (Å²) in [6.45, 7) is 2.45. The van der Waals surface area contributed by atoms with Crippen LogP contribution in [0.4, 0.5) is 0 Å². The first kappa shape index (κ1) is 14.3. The van der Waals surface area contributed by atoms with Gasteiger partial charge in [0.15, 0.2) is 0 Å². The monoisotopic (exact) mass is 320 g/mol. The minimum Gasteiger partial charge on any atom is -0.381 e. The van der Waals surface area contributed by atoms with Gasteiger partial charge in [-0.2, -0.15) is 0 Å². The summed E-state index contributed by atoms with van der Waals surface area (Å²) in [4.78, 5) is 9.95. The molecule has 0 bridgehead atoms. The molecule has 4 heteroatoms. The number of ether oxygens (including phenoxy) is 2. The molecule has 0 N–H and O–H groups in total. The minimum atomic E-state index is 0.150. The molecule has 1 aromatic heterocycles. The van der Waals surface area contributed by atoms with Crippen molar-refractivity contribution in [1.82, 2.24) is 9.97 Å². The second kappa shape index (κ2) is 5.80. The third kappa shape index (κ3) is 2.29. The van der Waals surface area contributed by atoms with Crippen molar-refractivity contribution in [2.45, 2.75) is 31.3 Å². The zero-order valence-corrected chi connectivity index (χ0v) is 13.6. The molecule has 5 rings (SSSR count). The molecule has 2 fully saturated rings. The number of benzene rings is 2. The maximum Gasteiger partial charge on any atom is 0.0955 e. The molecule has 2 unspecified atom stereocenters. The van der Waals surface area contributed by atoms with Crippen molar-refractivity contribution in [2.75, 3.05) is 19.8 Å². The predicted octanol–water partition coefficient (Wildman–Crippen LogP) is 4.14. The van der Waals surface area contributed by atoms with Crippen LogP contribution in [0.2, 0.25) is 0 Å². The molecule has 24 heavy (non-hydrogen) atoms. The Morgan fingerprint density at radius 2 is 1.58 bits per heavy atom. The molecule has 0 aliphatic carbocycles. The molecule has 3 heterocycles. The van der Waals surface area contributed by atoms with Gasteiger partial charge < -0.3 is 9.47 Å². The van der Waals surface area contributed by atoms with Crippen LogP contribution >= 0.6 is 0 Å². The number of fused-ring (bicyclic) bond motifs is 2. The summed E-state index contributed by atoms with van der Waals surface area (Å²) in [6.07, 6.45) is 3.39. The molecular formula is C20H20N2O2. The number of nitrogens with zero attached hydrogens (tertiary/aromatic N) is 2. The summed E-state index contributed by atoms with van der Waals surface area (Å²) >= 11 is 0. The average molecular weight is 320 g/mol. The van der Waals surface area contributed by atoms with Gasteiger partial charge in [0.2, 0.25) is 0 Å². The lowest BCUT2D eigenvalue weighted by Gasteiger charge is -2.17. The topological polar surface area (TPSA) is 44.2 Å². The zero-order valence-electron chi connectivity index (χ0n) is 13.6. The Balaban J connectivity index is 1.78. The molecule has 2 aromatic carbocycles. The number of hydrogen-bond donors (Lipinski definition) is 0. The second-order valence-electron chi connectivity index (χ2n) is 6.72. The van der Waals surface area contributed by atoms with Crippen molar-refractivity contribution >= 4 is 22.1 Å². The number of aromatic nitrogens is 2. The standard InChI is InChI=1S/C20H20N2O2/c1-2-5-17-16(4-1)21-19-14(13-9-11-23-12-13)7-8-15(20(19)22-17)18-6-3-10-24-18/h1-2,4-5,7-8,13,18H,3,6,9-12H2. The van der Waals surface area contributed by atoms with Crippen LogP contribution in [0.3, 0.4) is 0 Å². The van der Waals surface area contributed by atoms with Gasteiger partial charge in [-0.1, -0.05) is 24.3 Å². The van der Waals surface area contributed by atoms with E-state index in [4.69, 9.17) is 19.4 Å². The van der Waals surface area contributed by atoms with E-state index in [2.05, 4.69) is 12.1 Å². The maximum absolute atomic E-state index is 5.93. The van der Waals surface area contributed by atoms with Crippen LogP contribution in [-0.4, -0.2) is 29.8 Å². The summed E-state index contributed by atoms with van der Waals surface area (Å²) in [5, 5.41) is 0. The highest BCUT2D eigenvalue weighted by molar-refractivity contribution is 5.90. The third-order valence-corrected chi connectivity index (χ3v) is 5.21. The van der Waals surface area contributed by atoms with Crippen molar-refractivity contribution in [3.8, 4) is 0 Å². The van der Waals surface area contributed by atoms with Gasteiger partial charge in [-0.25, -0.2) is 9.97 Å². The average Bonchev–Trinajstić information content (AvgIpc) is 3.32. The van der Waals surface area contributed by atoms with Crippen LogP contribution < -0.4 is 0 Å². The Kier molecular flexibility index (Phi) is 3.46. The first-order valence-corrected chi connectivity index (χ1v) is 8.79. The fraction of sp³-hybridized carbons (Fsp3) is 0.400. The van der Waals surface area contributed by atoms with Crippen LogP contribution in [0.15, 0.2) is 36.4 Å². The molecule has 0 radical (unpaired) electrons. The predicted molar refractivity (Wildman–Crippen MR) is 93.1 cm³/mol. The van der Waals surface area contributed by atoms with Gasteiger partial charge in [-0.15, -0.1) is 0 Å². The quantitative estimate of drug-likeness (QED) is 0.666. The van der Waals surface area contributed by atoms with Gasteiger partial charge in [-0.3, -0.25) is 0 Å². The second-order valence-corrected chi connectivity index (χ2v) is 6.72. The fourth-order valence-corrected chi connectivity index (χ4v) is 3.93. The normalized spacial score (nSPS) is 24.2. The molecule has 0 spiro atoms. The van der Waals surface area contributed by atoms with Crippen molar-refractivity contribution in [1.29, 1.82) is 0 Å². The maximum atomic E-state index is 5.93. The van der Waals surface area contributed by atoms with Crippen molar-refractivity contribution in [2.24, 2.45) is 0 Å². The van der Waals surface area contributed by atoms with Crippen LogP contribution in [0.25, 0.3) is 22.1 Å². The van der Waals surface area contributed by atoms with E-state index in [-0.39, 0.29) is 6.10 Å². The highest BCUT2D eigenvalue weighted by atomic mass is 16.5. The summed E-state index contributed by atoms with van der Waals surface area (Å²) in [5.41, 5.74) is 6.38. The van der Waals surface area contributed by atoms with E-state index in [1.165, 1.54) is 11.1 Å². The van der Waals surface area contributed by atoms with Crippen LogP contribution in [0.5, 0.6) is 0 Å². The Hall–Kier alpha value is -2.04. The number of para-hydroxylation sites is 2. The van der Waals surface area contributed by atoms with Crippen molar-refractivity contribution < 1.29 is 9.47 Å². The molecule has 0 amide bonds. The first-order chi connectivity index (χ1) is 11.9. The smallest absolute Gasteiger partial charge is 0.0955 e. The number of rotatable bonds is 2. The highest BCUT2D eigenvalue weighted by Crippen LogP contribution is 2.37. The van der Waals surface area contributed by atoms with Crippen LogP contribution in [0, 0.1) is 0 Å². The van der Waals surface area contributed by atoms with Gasteiger partial charge >= 0.3 is 0 Å². The summed E-state index contributed by atoms with van der Waals surface area (Å²) in [6, 6.07) is 12.5. The van der Waals surface area contributed by atoms with Crippen LogP contribution in [-0.2, 0) is 9.47 Å². The SMILES string of the molecule is c1ccc2nc3c(C4CCCO4)ccc(C4CCOC4)c3nc2c1. The minimum absolute atomic E-state index is 0.150. The van der Waals surface area contributed by atoms with Gasteiger partial charge in [0.1, 0.15) is 0 Å². The Morgan fingerprint density at radius 1 is 0.833 bits per heavy atom. The van der Waals surface area contributed by atoms with E-state index >= 15 is 0 Å². The van der Waals surface area contributed by atoms with E-state index in [0.29, 0.717) is 5.92 Å². The largest absolute Gasteiger partial charge is 0.381 e. The number of hydrogen-bond acceptors (Lipinski definition) is 4. The molecule has 0 saturated carbocycles. The lowest BCUT2D eigenvalue weighted by atomic mass is 9.93. The van der Waals surface area contributed by atoms with Gasteiger partial charge in [-0.05, 0) is 37.0 Å². The Morgan fingerprint density at radius 3 is 2.25 bits per heavy atom. The molecule has 2 aliphatic heterocycles. The highest BCUT2D eigenvalue weighted by Gasteiger charge is 2.26. The molecular weight excluding hydrogens is 300 g/mol. The van der Waals surface area contributed by atoms with E-state index in [9.17, 15) is 0 Å². The van der Waals surface area contributed by atoms with Gasteiger partial charge in [0, 0.05) is 24.7 Å². The Bertz CT molecular complexity index is 823. The third-order valence-electron chi connectivity index (χ3n) is 5.21. The molecule has 2 aliphatic rings. The lowest BCUT2D eigenvalue weighted by Crippen LogP contribution is -2.05. The van der Waals surface area contributed by atoms with Gasteiger partial charge in [0.05, 0.1) is 34.8 Å². The summed E-state index contributed by atoms with van der Waals surface area (Å²) < 4.78 is 11.5. The van der Waals surface area contributed by atoms with Gasteiger partial charge in [0.25, 0.3) is 0 Å². The molecule has 3 aromatic rings. The van der Waals surface area contributed by atoms with E-state index in [1.54, 1.807) is 0 Å². The molecule has 2 atom stereocenters. The van der Waals surface area contributed by atoms with E-state index in [0.717, 1.165) is 61.1 Å². The lowest BCUT2D eigenvalue weighted by molar-refractivity contribution is 0.113. The fourth-order valence-electron chi connectivity index (χ4n) is 3.93. The zero-order chi connectivity index (χ0) is 15.9. The van der Waals surface area contributed by atoms with Crippen LogP contribution in [0.1, 0.15) is 42.4 Å². The van der Waals surface area contributed by atoms with E-state index < -0.39 is 0 Å². The molecule has 122 valence electrons. The summed E-state index contributed by atoms with van der Waals surface area (Å²) in [7, 11) is 0. The molecule has 4 nitrogen and oxygen atoms in total. The summed E-state index contributed by atoms with van der Waals surface area (Å²) in [5.74, 6) is 0.418. The molecule has 2 saturated heterocycles. The first-order valence-electron chi connectivity index (χ1n) is 8.79.